The molecule has 1 fully saturated rings. The van der Waals surface area contributed by atoms with Crippen molar-refractivity contribution in [2.45, 2.75) is 32.2 Å². The lowest BCUT2D eigenvalue weighted by Crippen LogP contribution is -2.18. The molecule has 2 heterocycles. The smallest absolute Gasteiger partial charge is 0.128 e. The van der Waals surface area contributed by atoms with Crippen LogP contribution in [0.15, 0.2) is 12.4 Å². The summed E-state index contributed by atoms with van der Waals surface area (Å²) in [5.74, 6) is 1.52. The highest BCUT2D eigenvalue weighted by atomic mass is 16.5. The molecule has 0 aromatic carbocycles. The number of hydrogen-bond acceptors (Lipinski definition) is 4. The molecule has 2 atom stereocenters. The Balaban J connectivity index is 1.90. The monoisotopic (exact) mass is 221 g/mol. The van der Waals surface area contributed by atoms with Crippen molar-refractivity contribution in [1.82, 2.24) is 9.97 Å². The Morgan fingerprint density at radius 1 is 1.50 bits per heavy atom. The lowest BCUT2D eigenvalue weighted by Gasteiger charge is -2.07. The average Bonchev–Trinajstić information content (AvgIpc) is 2.73. The van der Waals surface area contributed by atoms with Crippen LogP contribution in [0.2, 0.25) is 0 Å². The molecule has 4 heteroatoms. The van der Waals surface area contributed by atoms with Gasteiger partial charge in [0.25, 0.3) is 0 Å². The number of hydrogen-bond donors (Lipinski definition) is 1. The summed E-state index contributed by atoms with van der Waals surface area (Å²) < 4.78 is 5.33. The molecular formula is C12H19N3O. The van der Waals surface area contributed by atoms with Gasteiger partial charge in [-0.2, -0.15) is 0 Å². The Bertz CT molecular complexity index is 318. The second-order valence-corrected chi connectivity index (χ2v) is 4.62. The first kappa shape index (κ1) is 11.5. The van der Waals surface area contributed by atoms with Gasteiger partial charge in [0.15, 0.2) is 0 Å². The maximum absolute atomic E-state index is 5.72. The van der Waals surface area contributed by atoms with Gasteiger partial charge in [-0.3, -0.25) is 0 Å². The lowest BCUT2D eigenvalue weighted by molar-refractivity contribution is 0.185. The molecule has 0 saturated carbocycles. The van der Waals surface area contributed by atoms with Crippen molar-refractivity contribution in [2.24, 2.45) is 11.7 Å². The second-order valence-electron chi connectivity index (χ2n) is 4.62. The van der Waals surface area contributed by atoms with E-state index >= 15 is 0 Å². The number of nitrogens with two attached hydrogens (primary N) is 1. The molecule has 0 radical (unpaired) electrons. The summed E-state index contributed by atoms with van der Waals surface area (Å²) in [6.45, 7) is 3.72. The molecule has 1 aromatic rings. The second kappa shape index (κ2) is 5.37. The van der Waals surface area contributed by atoms with Crippen molar-refractivity contribution < 1.29 is 4.74 Å². The van der Waals surface area contributed by atoms with Crippen LogP contribution >= 0.6 is 0 Å². The molecule has 1 aliphatic heterocycles. The van der Waals surface area contributed by atoms with E-state index in [-0.39, 0.29) is 6.04 Å². The zero-order valence-electron chi connectivity index (χ0n) is 9.72. The van der Waals surface area contributed by atoms with Crippen LogP contribution in [-0.2, 0) is 17.6 Å². The first-order valence-corrected chi connectivity index (χ1v) is 5.87. The molecular weight excluding hydrogens is 202 g/mol. The van der Waals surface area contributed by atoms with Crippen LogP contribution in [0.3, 0.4) is 0 Å². The highest BCUT2D eigenvalue weighted by Gasteiger charge is 2.17. The highest BCUT2D eigenvalue weighted by molar-refractivity contribution is 5.07. The Kier molecular flexibility index (Phi) is 3.85. The summed E-state index contributed by atoms with van der Waals surface area (Å²) in [5.41, 5.74) is 6.83. The summed E-state index contributed by atoms with van der Waals surface area (Å²) in [4.78, 5) is 8.75. The highest BCUT2D eigenvalue weighted by Crippen LogP contribution is 2.16. The summed E-state index contributed by atoms with van der Waals surface area (Å²) in [7, 11) is 0. The average molecular weight is 221 g/mol. The van der Waals surface area contributed by atoms with Gasteiger partial charge in [0, 0.05) is 38.1 Å². The number of aromatic nitrogens is 2. The Morgan fingerprint density at radius 3 is 2.81 bits per heavy atom. The van der Waals surface area contributed by atoms with Crippen LogP contribution in [0.4, 0.5) is 0 Å². The zero-order chi connectivity index (χ0) is 11.4. The van der Waals surface area contributed by atoms with Crippen LogP contribution in [0.5, 0.6) is 0 Å². The normalized spacial score (nSPS) is 22.2. The van der Waals surface area contributed by atoms with Gasteiger partial charge in [-0.05, 0) is 31.2 Å². The molecule has 16 heavy (non-hydrogen) atoms. The fraction of sp³-hybridized carbons (Fsp3) is 0.667. The zero-order valence-corrected chi connectivity index (χ0v) is 9.72. The molecule has 1 aromatic heterocycles. The van der Waals surface area contributed by atoms with E-state index in [0.717, 1.165) is 43.9 Å². The van der Waals surface area contributed by atoms with Gasteiger partial charge in [-0.25, -0.2) is 9.97 Å². The van der Waals surface area contributed by atoms with Gasteiger partial charge in [0.1, 0.15) is 5.82 Å². The summed E-state index contributed by atoms with van der Waals surface area (Å²) in [5, 5.41) is 0. The van der Waals surface area contributed by atoms with E-state index in [0.29, 0.717) is 5.92 Å². The van der Waals surface area contributed by atoms with E-state index in [1.54, 1.807) is 0 Å². The number of rotatable bonds is 4. The maximum atomic E-state index is 5.72. The standard InChI is InChI=1S/C12H19N3O/c1-9(13)4-11-6-14-12(15-7-11)5-10-2-3-16-8-10/h6-7,9-10H,2-5,8,13H2,1H3. The fourth-order valence-corrected chi connectivity index (χ4v) is 1.97. The van der Waals surface area contributed by atoms with Crippen molar-refractivity contribution in [3.05, 3.63) is 23.8 Å². The van der Waals surface area contributed by atoms with Gasteiger partial charge < -0.3 is 10.5 Å². The molecule has 0 aliphatic carbocycles. The third kappa shape index (κ3) is 3.25. The van der Waals surface area contributed by atoms with Gasteiger partial charge in [-0.1, -0.05) is 0 Å². The Morgan fingerprint density at radius 2 is 2.25 bits per heavy atom. The van der Waals surface area contributed by atoms with Gasteiger partial charge in [0.2, 0.25) is 0 Å². The molecule has 1 aliphatic rings. The SMILES string of the molecule is CC(N)Cc1cnc(CC2CCOC2)nc1. The minimum Gasteiger partial charge on any atom is -0.381 e. The topological polar surface area (TPSA) is 61.0 Å². The number of nitrogens with zero attached hydrogens (tertiary/aromatic N) is 2. The van der Waals surface area contributed by atoms with Gasteiger partial charge in [-0.15, -0.1) is 0 Å². The molecule has 88 valence electrons. The van der Waals surface area contributed by atoms with E-state index in [2.05, 4.69) is 9.97 Å². The minimum absolute atomic E-state index is 0.165. The van der Waals surface area contributed by atoms with Crippen LogP contribution < -0.4 is 5.73 Å². The Hall–Kier alpha value is -1.00. The summed E-state index contributed by atoms with van der Waals surface area (Å²) in [6, 6.07) is 0.165. The van der Waals surface area contributed by atoms with E-state index < -0.39 is 0 Å². The molecule has 0 bridgehead atoms. The molecule has 4 nitrogen and oxygen atoms in total. The van der Waals surface area contributed by atoms with E-state index in [9.17, 15) is 0 Å². The summed E-state index contributed by atoms with van der Waals surface area (Å²) >= 11 is 0. The van der Waals surface area contributed by atoms with Crippen LogP contribution in [0, 0.1) is 5.92 Å². The molecule has 1 saturated heterocycles. The van der Waals surface area contributed by atoms with E-state index in [4.69, 9.17) is 10.5 Å². The van der Waals surface area contributed by atoms with Crippen molar-refractivity contribution >= 4 is 0 Å². The van der Waals surface area contributed by atoms with Crippen molar-refractivity contribution in [3.8, 4) is 0 Å². The van der Waals surface area contributed by atoms with Crippen LogP contribution in [-0.4, -0.2) is 29.2 Å². The summed E-state index contributed by atoms with van der Waals surface area (Å²) in [6.07, 6.45) is 6.68. The largest absolute Gasteiger partial charge is 0.381 e. The first-order chi connectivity index (χ1) is 7.74. The minimum atomic E-state index is 0.165. The third-order valence-corrected chi connectivity index (χ3v) is 2.81. The molecule has 0 amide bonds. The van der Waals surface area contributed by atoms with Crippen molar-refractivity contribution in [3.63, 3.8) is 0 Å². The molecule has 2 N–H and O–H groups in total. The quantitative estimate of drug-likeness (QED) is 0.822. The van der Waals surface area contributed by atoms with Gasteiger partial charge >= 0.3 is 0 Å². The number of ether oxygens (including phenoxy) is 1. The first-order valence-electron chi connectivity index (χ1n) is 5.87. The molecule has 0 spiro atoms. The van der Waals surface area contributed by atoms with Crippen LogP contribution in [0.25, 0.3) is 0 Å². The predicted octanol–water partition coefficient (Wildman–Crippen LogP) is 0.945. The van der Waals surface area contributed by atoms with E-state index in [1.165, 1.54) is 0 Å². The van der Waals surface area contributed by atoms with Crippen molar-refractivity contribution in [2.75, 3.05) is 13.2 Å². The van der Waals surface area contributed by atoms with Gasteiger partial charge in [0.05, 0.1) is 0 Å². The predicted molar refractivity (Wildman–Crippen MR) is 62.0 cm³/mol. The fourth-order valence-electron chi connectivity index (χ4n) is 1.97. The molecule has 2 unspecified atom stereocenters. The third-order valence-electron chi connectivity index (χ3n) is 2.81. The Labute approximate surface area is 96.2 Å². The molecule has 2 rings (SSSR count). The van der Waals surface area contributed by atoms with E-state index in [1.807, 2.05) is 19.3 Å². The lowest BCUT2D eigenvalue weighted by atomic mass is 10.0. The van der Waals surface area contributed by atoms with Crippen molar-refractivity contribution in [1.29, 1.82) is 0 Å². The maximum Gasteiger partial charge on any atom is 0.128 e. The van der Waals surface area contributed by atoms with Crippen LogP contribution in [0.1, 0.15) is 24.7 Å².